The lowest BCUT2D eigenvalue weighted by molar-refractivity contribution is -0.109. The Balaban J connectivity index is 1.58. The van der Waals surface area contributed by atoms with Gasteiger partial charge in [0.05, 0.1) is 10.6 Å². The van der Waals surface area contributed by atoms with E-state index in [1.807, 2.05) is 30.3 Å². The van der Waals surface area contributed by atoms with Crippen molar-refractivity contribution in [2.24, 2.45) is 0 Å². The number of rotatable bonds is 8. The van der Waals surface area contributed by atoms with E-state index in [1.54, 1.807) is 48.5 Å². The smallest absolute Gasteiger partial charge is 0.186 e. The van der Waals surface area contributed by atoms with E-state index in [0.717, 1.165) is 17.5 Å². The predicted molar refractivity (Wildman–Crippen MR) is 117 cm³/mol. The van der Waals surface area contributed by atoms with Crippen molar-refractivity contribution in [1.29, 1.82) is 0 Å². The first-order chi connectivity index (χ1) is 14.0. The van der Waals surface area contributed by atoms with Crippen LogP contribution >= 0.6 is 11.8 Å². The molecule has 0 radical (unpaired) electrons. The molecular formula is C22H19NO4S2. The monoisotopic (exact) mass is 425 g/mol. The van der Waals surface area contributed by atoms with E-state index in [4.69, 9.17) is 4.74 Å². The third-order valence-corrected chi connectivity index (χ3v) is 5.78. The molecule has 3 aromatic carbocycles. The first-order valence-corrected chi connectivity index (χ1v) is 10.9. The number of ether oxygens (including phenoxy) is 1. The molecular weight excluding hydrogens is 406 g/mol. The first kappa shape index (κ1) is 20.8. The van der Waals surface area contributed by atoms with Gasteiger partial charge in [-0.1, -0.05) is 30.0 Å². The minimum absolute atomic E-state index is 0.0905. The molecule has 0 aliphatic heterocycles. The Hall–Kier alpha value is -2.90. The molecule has 0 heterocycles. The maximum Gasteiger partial charge on any atom is 0.186 e. The number of anilines is 1. The summed E-state index contributed by atoms with van der Waals surface area (Å²) < 4.78 is 21.2. The average molecular weight is 426 g/mol. The number of carbonyl (C=O) groups excluding carboxylic acids is 2. The number of ketones is 1. The van der Waals surface area contributed by atoms with E-state index in [-0.39, 0.29) is 16.7 Å². The van der Waals surface area contributed by atoms with Gasteiger partial charge in [-0.3, -0.25) is 9.59 Å². The van der Waals surface area contributed by atoms with Gasteiger partial charge in [0.25, 0.3) is 0 Å². The summed E-state index contributed by atoms with van der Waals surface area (Å²) in [5, 5.41) is -0.0905. The molecule has 7 heteroatoms. The fraction of sp³-hybridized carbons (Fsp3) is 0.0909. The van der Waals surface area contributed by atoms with Crippen molar-refractivity contribution in [2.45, 2.75) is 11.8 Å². The van der Waals surface area contributed by atoms with Crippen LogP contribution in [0.25, 0.3) is 0 Å². The molecule has 1 N–H and O–H groups in total. The summed E-state index contributed by atoms with van der Waals surface area (Å²) in [7, 11) is -1.46. The molecule has 0 saturated heterocycles. The van der Waals surface area contributed by atoms with Crippen molar-refractivity contribution in [3.05, 3.63) is 84.4 Å². The van der Waals surface area contributed by atoms with Gasteiger partial charge in [0.2, 0.25) is 0 Å². The molecule has 1 atom stereocenters. The Bertz CT molecular complexity index is 1000. The lowest BCUT2D eigenvalue weighted by Gasteiger charge is -2.09. The molecule has 3 rings (SSSR count). The van der Waals surface area contributed by atoms with Gasteiger partial charge in [-0.05, 0) is 60.7 Å². The van der Waals surface area contributed by atoms with Crippen LogP contribution in [0.15, 0.2) is 83.8 Å². The lowest BCUT2D eigenvalue weighted by Crippen LogP contribution is -2.06. The second-order valence-electron chi connectivity index (χ2n) is 6.04. The number of para-hydroxylation sites is 1. The van der Waals surface area contributed by atoms with Gasteiger partial charge in [0.15, 0.2) is 10.9 Å². The van der Waals surface area contributed by atoms with Gasteiger partial charge in [-0.15, -0.1) is 0 Å². The molecule has 5 nitrogen and oxygen atoms in total. The molecule has 148 valence electrons. The Morgan fingerprint density at radius 2 is 1.52 bits per heavy atom. The number of thioether (sulfide) groups is 1. The summed E-state index contributed by atoms with van der Waals surface area (Å²) in [6.07, 6.45) is 0. The van der Waals surface area contributed by atoms with Crippen LogP contribution in [0.2, 0.25) is 0 Å². The third-order valence-electron chi connectivity index (χ3n) is 3.84. The highest BCUT2D eigenvalue weighted by molar-refractivity contribution is 8.14. The minimum Gasteiger partial charge on any atom is -0.457 e. The Kier molecular flexibility index (Phi) is 7.21. The van der Waals surface area contributed by atoms with Crippen molar-refractivity contribution < 1.29 is 18.5 Å². The Morgan fingerprint density at radius 1 is 0.897 bits per heavy atom. The third kappa shape index (κ3) is 6.30. The van der Waals surface area contributed by atoms with Crippen LogP contribution in [-0.2, 0) is 15.8 Å². The predicted octanol–water partition coefficient (Wildman–Crippen LogP) is 5.08. The highest BCUT2D eigenvalue weighted by atomic mass is 32.2. The van der Waals surface area contributed by atoms with Crippen LogP contribution in [0, 0.1) is 0 Å². The maximum atomic E-state index is 12.5. The second-order valence-corrected chi connectivity index (χ2v) is 8.40. The molecule has 0 amide bonds. The van der Waals surface area contributed by atoms with Crippen LogP contribution in [-0.4, -0.2) is 20.9 Å². The summed E-state index contributed by atoms with van der Waals surface area (Å²) in [6, 6.07) is 23.1. The van der Waals surface area contributed by atoms with Crippen LogP contribution in [0.5, 0.6) is 11.5 Å². The molecule has 0 spiro atoms. The van der Waals surface area contributed by atoms with Crippen molar-refractivity contribution in [3.63, 3.8) is 0 Å². The van der Waals surface area contributed by atoms with Gasteiger partial charge in [0, 0.05) is 18.2 Å². The molecule has 0 aromatic heterocycles. The van der Waals surface area contributed by atoms with Crippen LogP contribution < -0.4 is 9.46 Å². The molecule has 0 saturated carbocycles. The highest BCUT2D eigenvalue weighted by Gasteiger charge is 2.09. The highest BCUT2D eigenvalue weighted by Crippen LogP contribution is 2.23. The molecule has 29 heavy (non-hydrogen) atoms. The van der Waals surface area contributed by atoms with E-state index in [9.17, 15) is 13.8 Å². The van der Waals surface area contributed by atoms with Gasteiger partial charge in [-0.2, -0.15) is 0 Å². The zero-order chi connectivity index (χ0) is 20.6. The molecule has 1 unspecified atom stereocenters. The summed E-state index contributed by atoms with van der Waals surface area (Å²) in [5.41, 5.74) is 1.14. The average Bonchev–Trinajstić information content (AvgIpc) is 2.74. The van der Waals surface area contributed by atoms with E-state index in [0.29, 0.717) is 21.9 Å². The quantitative estimate of drug-likeness (QED) is 0.510. The van der Waals surface area contributed by atoms with Crippen LogP contribution in [0.1, 0.15) is 17.3 Å². The zero-order valence-corrected chi connectivity index (χ0v) is 17.3. The number of Topliss-reactive ketones (excluding diaryl/α,β-unsaturated/α-hetero) is 1. The molecule has 0 aliphatic rings. The number of carbonyl (C=O) groups is 2. The molecule has 0 aliphatic carbocycles. The Morgan fingerprint density at radius 3 is 2.14 bits per heavy atom. The van der Waals surface area contributed by atoms with Crippen molar-refractivity contribution in [1.82, 2.24) is 0 Å². The number of nitrogens with one attached hydrogen (secondary N) is 1. The number of hydrogen-bond acceptors (Lipinski definition) is 5. The molecule has 0 fully saturated rings. The topological polar surface area (TPSA) is 72.5 Å². The number of hydrogen-bond donors (Lipinski definition) is 1. The van der Waals surface area contributed by atoms with E-state index in [2.05, 4.69) is 4.72 Å². The van der Waals surface area contributed by atoms with Crippen LogP contribution in [0.4, 0.5) is 5.69 Å². The largest absolute Gasteiger partial charge is 0.457 e. The zero-order valence-electron chi connectivity index (χ0n) is 15.7. The minimum atomic E-state index is -1.46. The lowest BCUT2D eigenvalue weighted by atomic mass is 10.1. The normalized spacial score (nSPS) is 11.5. The molecule has 0 bridgehead atoms. The van der Waals surface area contributed by atoms with E-state index < -0.39 is 11.0 Å². The first-order valence-electron chi connectivity index (χ1n) is 8.79. The summed E-state index contributed by atoms with van der Waals surface area (Å²) in [4.78, 5) is 23.6. The van der Waals surface area contributed by atoms with Gasteiger partial charge < -0.3 is 9.46 Å². The number of benzene rings is 3. The van der Waals surface area contributed by atoms with E-state index in [1.165, 1.54) is 6.92 Å². The van der Waals surface area contributed by atoms with Gasteiger partial charge >= 0.3 is 0 Å². The van der Waals surface area contributed by atoms with Crippen molar-refractivity contribution >= 4 is 39.3 Å². The summed E-state index contributed by atoms with van der Waals surface area (Å²) in [5.74, 6) is 1.39. The van der Waals surface area contributed by atoms with Crippen molar-refractivity contribution in [2.75, 3.05) is 10.5 Å². The SMILES string of the molecule is CC(=O)SCC(=O)c1ccc(NS(=O)c2ccc(Oc3ccccc3)cc2)cc1. The van der Waals surface area contributed by atoms with Gasteiger partial charge in [0.1, 0.15) is 22.5 Å². The Labute approximate surface area is 176 Å². The fourth-order valence-corrected chi connectivity index (χ4v) is 3.75. The van der Waals surface area contributed by atoms with E-state index >= 15 is 0 Å². The summed E-state index contributed by atoms with van der Waals surface area (Å²) in [6.45, 7) is 1.43. The molecule has 3 aromatic rings. The maximum absolute atomic E-state index is 12.5. The fourth-order valence-electron chi connectivity index (χ4n) is 2.40. The van der Waals surface area contributed by atoms with Gasteiger partial charge in [-0.25, -0.2) is 4.21 Å². The summed E-state index contributed by atoms with van der Waals surface area (Å²) >= 11 is 0.985. The second kappa shape index (κ2) is 10.0. The van der Waals surface area contributed by atoms with Crippen molar-refractivity contribution in [3.8, 4) is 11.5 Å². The standard InChI is InChI=1S/C22H19NO4S2/c1-16(24)28-15-22(25)17-7-9-18(10-8-17)23-29(26)21-13-11-20(12-14-21)27-19-5-3-2-4-6-19/h2-14,23H,15H2,1H3. The van der Waals surface area contributed by atoms with Crippen LogP contribution in [0.3, 0.4) is 0 Å².